The van der Waals surface area contributed by atoms with Gasteiger partial charge < -0.3 is 5.11 Å². The molecule has 1 amide bonds. The Hall–Kier alpha value is -0.500. The molecule has 0 aliphatic heterocycles. The standard InChI is InChI=1S/C8H9IN2O2S/c1-2-14-7-3-5(9)6(4-10-7)11-8(12)13/h3-4,11H,2H2,1H3,(H,12,13). The summed E-state index contributed by atoms with van der Waals surface area (Å²) in [5, 5.41) is 11.7. The molecule has 0 atom stereocenters. The van der Waals surface area contributed by atoms with E-state index in [0.29, 0.717) is 5.69 Å². The third-order valence-corrected chi connectivity index (χ3v) is 3.06. The highest BCUT2D eigenvalue weighted by molar-refractivity contribution is 14.1. The molecule has 1 aromatic heterocycles. The average molecular weight is 324 g/mol. The molecule has 0 aliphatic rings. The number of nitrogens with one attached hydrogen (secondary N) is 1. The number of amides is 1. The summed E-state index contributed by atoms with van der Waals surface area (Å²) in [6.45, 7) is 2.04. The molecule has 0 radical (unpaired) electrons. The van der Waals surface area contributed by atoms with Gasteiger partial charge in [0.05, 0.1) is 16.9 Å². The van der Waals surface area contributed by atoms with Crippen LogP contribution < -0.4 is 5.32 Å². The molecule has 1 rings (SSSR count). The van der Waals surface area contributed by atoms with Gasteiger partial charge in [0.15, 0.2) is 0 Å². The van der Waals surface area contributed by atoms with E-state index in [0.717, 1.165) is 14.3 Å². The molecule has 2 N–H and O–H groups in total. The second-order valence-corrected chi connectivity index (χ2v) is 4.81. The van der Waals surface area contributed by atoms with Crippen LogP contribution in [0.3, 0.4) is 0 Å². The van der Waals surface area contributed by atoms with Gasteiger partial charge in [0.25, 0.3) is 0 Å². The van der Waals surface area contributed by atoms with Crippen LogP contribution in [0.1, 0.15) is 6.92 Å². The number of hydrogen-bond donors (Lipinski definition) is 2. The van der Waals surface area contributed by atoms with Crippen LogP contribution in [0.5, 0.6) is 0 Å². The molecule has 0 spiro atoms. The fourth-order valence-electron chi connectivity index (χ4n) is 0.847. The fourth-order valence-corrected chi connectivity index (χ4v) is 2.25. The molecule has 0 fully saturated rings. The molecule has 0 aromatic carbocycles. The summed E-state index contributed by atoms with van der Waals surface area (Å²) >= 11 is 3.71. The first-order valence-corrected chi connectivity index (χ1v) is 5.98. The Labute approximate surface area is 99.6 Å². The zero-order valence-electron chi connectivity index (χ0n) is 7.45. The zero-order chi connectivity index (χ0) is 10.6. The van der Waals surface area contributed by atoms with E-state index in [1.807, 2.05) is 13.0 Å². The number of nitrogens with zero attached hydrogens (tertiary/aromatic N) is 1. The molecule has 1 aromatic rings. The van der Waals surface area contributed by atoms with Crippen molar-refractivity contribution in [1.82, 2.24) is 4.98 Å². The Morgan fingerprint density at radius 1 is 1.79 bits per heavy atom. The number of pyridine rings is 1. The van der Waals surface area contributed by atoms with Crippen molar-refractivity contribution in [3.8, 4) is 0 Å². The maximum atomic E-state index is 10.4. The minimum Gasteiger partial charge on any atom is -0.465 e. The van der Waals surface area contributed by atoms with E-state index in [-0.39, 0.29) is 0 Å². The van der Waals surface area contributed by atoms with Crippen LogP contribution in [0.25, 0.3) is 0 Å². The van der Waals surface area contributed by atoms with Gasteiger partial charge in [0, 0.05) is 3.57 Å². The Morgan fingerprint density at radius 2 is 2.50 bits per heavy atom. The zero-order valence-corrected chi connectivity index (χ0v) is 10.4. The van der Waals surface area contributed by atoms with Crippen molar-refractivity contribution >= 4 is 46.1 Å². The van der Waals surface area contributed by atoms with E-state index in [9.17, 15) is 4.79 Å². The molecule has 6 heteroatoms. The molecule has 4 nitrogen and oxygen atoms in total. The highest BCUT2D eigenvalue weighted by Gasteiger charge is 2.05. The lowest BCUT2D eigenvalue weighted by Gasteiger charge is -2.04. The first-order valence-electron chi connectivity index (χ1n) is 3.91. The van der Waals surface area contributed by atoms with Gasteiger partial charge in [-0.15, -0.1) is 11.8 Å². The average Bonchev–Trinajstić information content (AvgIpc) is 2.10. The van der Waals surface area contributed by atoms with Gasteiger partial charge in [-0.05, 0) is 34.4 Å². The molecule has 0 aliphatic carbocycles. The maximum Gasteiger partial charge on any atom is 0.409 e. The second kappa shape index (κ2) is 5.40. The largest absolute Gasteiger partial charge is 0.465 e. The molecule has 0 saturated heterocycles. The fraction of sp³-hybridized carbons (Fsp3) is 0.250. The number of hydrogen-bond acceptors (Lipinski definition) is 3. The lowest BCUT2D eigenvalue weighted by Crippen LogP contribution is -2.08. The third kappa shape index (κ3) is 3.33. The first-order chi connectivity index (χ1) is 6.63. The Balaban J connectivity index is 2.84. The van der Waals surface area contributed by atoms with E-state index in [1.165, 1.54) is 6.20 Å². The molecule has 76 valence electrons. The summed E-state index contributed by atoms with van der Waals surface area (Å²) in [4.78, 5) is 14.5. The maximum absolute atomic E-state index is 10.4. The quantitative estimate of drug-likeness (QED) is 0.663. The number of anilines is 1. The van der Waals surface area contributed by atoms with Crippen molar-refractivity contribution in [3.05, 3.63) is 15.8 Å². The van der Waals surface area contributed by atoms with E-state index in [2.05, 4.69) is 32.9 Å². The summed E-state index contributed by atoms with van der Waals surface area (Å²) in [6, 6.07) is 1.86. The molecule has 0 bridgehead atoms. The van der Waals surface area contributed by atoms with Crippen LogP contribution in [0.2, 0.25) is 0 Å². The van der Waals surface area contributed by atoms with Crippen molar-refractivity contribution in [1.29, 1.82) is 0 Å². The van der Waals surface area contributed by atoms with Gasteiger partial charge in [0.1, 0.15) is 0 Å². The van der Waals surface area contributed by atoms with Gasteiger partial charge in [-0.1, -0.05) is 6.92 Å². The number of carboxylic acid groups (broad SMARTS) is 1. The summed E-state index contributed by atoms with van der Waals surface area (Å²) < 4.78 is 0.857. The van der Waals surface area contributed by atoms with Crippen molar-refractivity contribution in [2.75, 3.05) is 11.1 Å². The smallest absolute Gasteiger partial charge is 0.409 e. The minimum atomic E-state index is -1.07. The highest BCUT2D eigenvalue weighted by atomic mass is 127. The third-order valence-electron chi connectivity index (χ3n) is 1.36. The van der Waals surface area contributed by atoms with E-state index in [4.69, 9.17) is 5.11 Å². The van der Waals surface area contributed by atoms with Crippen LogP contribution in [-0.4, -0.2) is 21.9 Å². The Bertz CT molecular complexity index is 346. The first kappa shape index (κ1) is 11.6. The van der Waals surface area contributed by atoms with Crippen LogP contribution >= 0.6 is 34.4 Å². The SMILES string of the molecule is CCSc1cc(I)c(NC(=O)O)cn1. The molecule has 14 heavy (non-hydrogen) atoms. The molecular formula is C8H9IN2O2S. The van der Waals surface area contributed by atoms with Crippen LogP contribution in [0, 0.1) is 3.57 Å². The molecule has 0 saturated carbocycles. The van der Waals surface area contributed by atoms with Crippen molar-refractivity contribution < 1.29 is 9.90 Å². The minimum absolute atomic E-state index is 0.526. The molecular weight excluding hydrogens is 315 g/mol. The molecule has 0 unspecified atom stereocenters. The number of aromatic nitrogens is 1. The Kier molecular flexibility index (Phi) is 4.46. The van der Waals surface area contributed by atoms with Gasteiger partial charge >= 0.3 is 6.09 Å². The van der Waals surface area contributed by atoms with Crippen molar-refractivity contribution in [3.63, 3.8) is 0 Å². The van der Waals surface area contributed by atoms with E-state index in [1.54, 1.807) is 11.8 Å². The Morgan fingerprint density at radius 3 is 3.00 bits per heavy atom. The van der Waals surface area contributed by atoms with Crippen molar-refractivity contribution in [2.45, 2.75) is 11.9 Å². The number of carbonyl (C=O) groups is 1. The number of rotatable bonds is 3. The summed E-state index contributed by atoms with van der Waals surface area (Å²) in [5.74, 6) is 0.953. The monoisotopic (exact) mass is 324 g/mol. The number of thioether (sulfide) groups is 1. The van der Waals surface area contributed by atoms with Gasteiger partial charge in [0.2, 0.25) is 0 Å². The van der Waals surface area contributed by atoms with E-state index >= 15 is 0 Å². The predicted octanol–water partition coefficient (Wildman–Crippen LogP) is 2.89. The normalized spacial score (nSPS) is 9.86. The highest BCUT2D eigenvalue weighted by Crippen LogP contribution is 2.22. The van der Waals surface area contributed by atoms with Gasteiger partial charge in [-0.2, -0.15) is 0 Å². The van der Waals surface area contributed by atoms with Gasteiger partial charge in [-0.25, -0.2) is 9.78 Å². The molecule has 1 heterocycles. The second-order valence-electron chi connectivity index (χ2n) is 2.37. The summed E-state index contributed by atoms with van der Waals surface area (Å²) in [7, 11) is 0. The van der Waals surface area contributed by atoms with Crippen LogP contribution in [-0.2, 0) is 0 Å². The summed E-state index contributed by atoms with van der Waals surface area (Å²) in [5.41, 5.74) is 0.526. The van der Waals surface area contributed by atoms with Crippen LogP contribution in [0.15, 0.2) is 17.3 Å². The number of halogens is 1. The van der Waals surface area contributed by atoms with Crippen LogP contribution in [0.4, 0.5) is 10.5 Å². The van der Waals surface area contributed by atoms with Gasteiger partial charge in [-0.3, -0.25) is 5.32 Å². The topological polar surface area (TPSA) is 62.2 Å². The lowest BCUT2D eigenvalue weighted by atomic mass is 10.4. The lowest BCUT2D eigenvalue weighted by molar-refractivity contribution is 0.209. The predicted molar refractivity (Wildman–Crippen MR) is 65.0 cm³/mol. The van der Waals surface area contributed by atoms with E-state index < -0.39 is 6.09 Å². The van der Waals surface area contributed by atoms with Crippen molar-refractivity contribution in [2.24, 2.45) is 0 Å². The summed E-state index contributed by atoms with van der Waals surface area (Å²) in [6.07, 6.45) is 0.467.